The molecule has 0 saturated carbocycles. The molecule has 1 rings (SSSR count). The number of esters is 1. The largest absolute Gasteiger partial charge is 0.465 e. The Balaban J connectivity index is 2.42. The molecule has 0 bridgehead atoms. The average Bonchev–Trinajstić information content (AvgIpc) is 2.73. The second-order valence-electron chi connectivity index (χ2n) is 3.64. The fourth-order valence-electron chi connectivity index (χ4n) is 1.53. The first-order chi connectivity index (χ1) is 7.69. The van der Waals surface area contributed by atoms with Crippen molar-refractivity contribution in [3.05, 3.63) is 24.0 Å². The highest BCUT2D eigenvalue weighted by molar-refractivity contribution is 5.75. The molecule has 0 aliphatic carbocycles. The first-order valence-corrected chi connectivity index (χ1v) is 5.73. The zero-order chi connectivity index (χ0) is 12.0. The first kappa shape index (κ1) is 12.8. The Bertz CT molecular complexity index is 334. The van der Waals surface area contributed by atoms with Gasteiger partial charge in [0.05, 0.1) is 6.61 Å². The van der Waals surface area contributed by atoms with Gasteiger partial charge in [0.25, 0.3) is 0 Å². The third-order valence-corrected chi connectivity index (χ3v) is 2.49. The molecule has 1 N–H and O–H groups in total. The van der Waals surface area contributed by atoms with Gasteiger partial charge in [-0.3, -0.25) is 10.1 Å². The number of carbonyl (C=O) groups is 1. The van der Waals surface area contributed by atoms with Crippen LogP contribution in [0.15, 0.2) is 18.3 Å². The lowest BCUT2D eigenvalue weighted by molar-refractivity contribution is -0.145. The Morgan fingerprint density at radius 1 is 1.56 bits per heavy atom. The van der Waals surface area contributed by atoms with Crippen LogP contribution in [-0.2, 0) is 22.6 Å². The van der Waals surface area contributed by atoms with Gasteiger partial charge in [0.15, 0.2) is 0 Å². The Labute approximate surface area is 96.6 Å². The molecule has 16 heavy (non-hydrogen) atoms. The van der Waals surface area contributed by atoms with Crippen LogP contribution in [0.4, 0.5) is 0 Å². The number of hydrogen-bond donors (Lipinski definition) is 1. The number of hydrogen-bond acceptors (Lipinski definition) is 3. The third kappa shape index (κ3) is 3.38. The summed E-state index contributed by atoms with van der Waals surface area (Å²) < 4.78 is 7.07. The number of aromatic nitrogens is 1. The molecule has 0 saturated heterocycles. The van der Waals surface area contributed by atoms with E-state index >= 15 is 0 Å². The Kier molecular flexibility index (Phi) is 5.05. The molecule has 4 heteroatoms. The van der Waals surface area contributed by atoms with Crippen molar-refractivity contribution < 1.29 is 9.53 Å². The van der Waals surface area contributed by atoms with Crippen molar-refractivity contribution in [3.63, 3.8) is 0 Å². The van der Waals surface area contributed by atoms with E-state index in [1.54, 1.807) is 0 Å². The summed E-state index contributed by atoms with van der Waals surface area (Å²) in [5.41, 5.74) is 1.18. The van der Waals surface area contributed by atoms with Crippen LogP contribution in [0.25, 0.3) is 0 Å². The van der Waals surface area contributed by atoms with Crippen molar-refractivity contribution in [1.29, 1.82) is 0 Å². The Morgan fingerprint density at radius 3 is 2.94 bits per heavy atom. The fraction of sp³-hybridized carbons (Fsp3) is 0.583. The number of aryl methyl sites for hydroxylation is 1. The van der Waals surface area contributed by atoms with E-state index in [2.05, 4.69) is 16.8 Å². The lowest BCUT2D eigenvalue weighted by Crippen LogP contribution is -2.35. The van der Waals surface area contributed by atoms with Crippen LogP contribution >= 0.6 is 0 Å². The second kappa shape index (κ2) is 6.33. The van der Waals surface area contributed by atoms with Gasteiger partial charge in [-0.05, 0) is 32.9 Å². The molecule has 4 nitrogen and oxygen atoms in total. The van der Waals surface area contributed by atoms with Gasteiger partial charge >= 0.3 is 5.97 Å². The van der Waals surface area contributed by atoms with Crippen LogP contribution in [0, 0.1) is 0 Å². The molecule has 0 fully saturated rings. The van der Waals surface area contributed by atoms with Gasteiger partial charge < -0.3 is 9.30 Å². The van der Waals surface area contributed by atoms with Gasteiger partial charge in [-0.25, -0.2) is 0 Å². The molecule has 0 amide bonds. The lowest BCUT2D eigenvalue weighted by atomic mass is 10.3. The number of rotatable bonds is 6. The second-order valence-corrected chi connectivity index (χ2v) is 3.64. The maximum atomic E-state index is 11.4. The minimum atomic E-state index is -0.264. The number of carbonyl (C=O) groups excluding carboxylic acids is 1. The van der Waals surface area contributed by atoms with Gasteiger partial charge in [0.2, 0.25) is 0 Å². The smallest absolute Gasteiger partial charge is 0.322 e. The van der Waals surface area contributed by atoms with Crippen LogP contribution in [0.5, 0.6) is 0 Å². The van der Waals surface area contributed by atoms with Gasteiger partial charge in [-0.1, -0.05) is 0 Å². The molecular weight excluding hydrogens is 204 g/mol. The highest BCUT2D eigenvalue weighted by Gasteiger charge is 2.13. The van der Waals surface area contributed by atoms with Crippen molar-refractivity contribution in [2.24, 2.45) is 0 Å². The van der Waals surface area contributed by atoms with Crippen LogP contribution in [0.3, 0.4) is 0 Å². The molecule has 1 atom stereocenters. The van der Waals surface area contributed by atoms with E-state index in [-0.39, 0.29) is 12.0 Å². The van der Waals surface area contributed by atoms with E-state index in [4.69, 9.17) is 4.74 Å². The van der Waals surface area contributed by atoms with Crippen molar-refractivity contribution in [1.82, 2.24) is 9.88 Å². The Morgan fingerprint density at radius 2 is 2.31 bits per heavy atom. The predicted molar refractivity (Wildman–Crippen MR) is 63.0 cm³/mol. The zero-order valence-corrected chi connectivity index (χ0v) is 10.2. The first-order valence-electron chi connectivity index (χ1n) is 5.73. The zero-order valence-electron chi connectivity index (χ0n) is 10.2. The fourth-order valence-corrected chi connectivity index (χ4v) is 1.53. The standard InChI is InChI=1S/C12H20N2O2/c1-4-14-8-6-7-11(14)9-13-10(3)12(15)16-5-2/h6-8,10,13H,4-5,9H2,1-3H3. The molecule has 1 aromatic rings. The van der Waals surface area contributed by atoms with Crippen molar-refractivity contribution in [2.45, 2.75) is 39.9 Å². The molecule has 1 heterocycles. The van der Waals surface area contributed by atoms with Crippen LogP contribution in [0.2, 0.25) is 0 Å². The highest BCUT2D eigenvalue weighted by atomic mass is 16.5. The maximum absolute atomic E-state index is 11.4. The van der Waals surface area contributed by atoms with Crippen molar-refractivity contribution in [3.8, 4) is 0 Å². The van der Waals surface area contributed by atoms with Gasteiger partial charge in [-0.15, -0.1) is 0 Å². The summed E-state index contributed by atoms with van der Waals surface area (Å²) in [6.07, 6.45) is 2.03. The Hall–Kier alpha value is -1.29. The molecule has 0 aliphatic heterocycles. The number of nitrogens with one attached hydrogen (secondary N) is 1. The molecular formula is C12H20N2O2. The van der Waals surface area contributed by atoms with Gasteiger partial charge in [-0.2, -0.15) is 0 Å². The minimum absolute atomic E-state index is 0.197. The van der Waals surface area contributed by atoms with E-state index in [9.17, 15) is 4.79 Å². The molecule has 0 aromatic carbocycles. The number of nitrogens with zero attached hydrogens (tertiary/aromatic N) is 1. The maximum Gasteiger partial charge on any atom is 0.322 e. The lowest BCUT2D eigenvalue weighted by Gasteiger charge is -2.13. The quantitative estimate of drug-likeness (QED) is 0.745. The molecule has 1 aromatic heterocycles. The molecule has 0 radical (unpaired) electrons. The summed E-state index contributed by atoms with van der Waals surface area (Å²) in [7, 11) is 0. The highest BCUT2D eigenvalue weighted by Crippen LogP contribution is 2.02. The monoisotopic (exact) mass is 224 g/mol. The summed E-state index contributed by atoms with van der Waals surface area (Å²) in [4.78, 5) is 11.4. The third-order valence-electron chi connectivity index (χ3n) is 2.49. The normalized spacial score (nSPS) is 12.4. The summed E-state index contributed by atoms with van der Waals surface area (Å²) in [5, 5.41) is 3.15. The topological polar surface area (TPSA) is 43.3 Å². The van der Waals surface area contributed by atoms with Crippen LogP contribution in [-0.4, -0.2) is 23.2 Å². The molecule has 1 unspecified atom stereocenters. The van der Waals surface area contributed by atoms with E-state index in [1.807, 2.05) is 32.2 Å². The predicted octanol–water partition coefficient (Wildman–Crippen LogP) is 1.55. The van der Waals surface area contributed by atoms with E-state index in [1.165, 1.54) is 5.69 Å². The minimum Gasteiger partial charge on any atom is -0.465 e. The summed E-state index contributed by atoms with van der Waals surface area (Å²) in [6.45, 7) is 7.77. The van der Waals surface area contributed by atoms with Crippen LogP contribution < -0.4 is 5.32 Å². The SMILES string of the molecule is CCOC(=O)C(C)NCc1cccn1CC. The van der Waals surface area contributed by atoms with E-state index in [0.29, 0.717) is 13.2 Å². The van der Waals surface area contributed by atoms with Gasteiger partial charge in [0, 0.05) is 25.0 Å². The van der Waals surface area contributed by atoms with Crippen molar-refractivity contribution >= 4 is 5.97 Å². The van der Waals surface area contributed by atoms with E-state index < -0.39 is 0 Å². The molecule has 0 aliphatic rings. The summed E-state index contributed by atoms with van der Waals surface area (Å²) in [5.74, 6) is -0.197. The van der Waals surface area contributed by atoms with Crippen LogP contribution in [0.1, 0.15) is 26.5 Å². The summed E-state index contributed by atoms with van der Waals surface area (Å²) >= 11 is 0. The van der Waals surface area contributed by atoms with Crippen molar-refractivity contribution in [2.75, 3.05) is 6.61 Å². The number of ether oxygens (including phenoxy) is 1. The summed E-state index contributed by atoms with van der Waals surface area (Å²) in [6, 6.07) is 3.80. The van der Waals surface area contributed by atoms with Gasteiger partial charge in [0.1, 0.15) is 6.04 Å². The average molecular weight is 224 g/mol. The molecule has 0 spiro atoms. The van der Waals surface area contributed by atoms with E-state index in [0.717, 1.165) is 6.54 Å². The molecule has 90 valence electrons.